The van der Waals surface area contributed by atoms with Gasteiger partial charge in [-0.15, -0.1) is 0 Å². The van der Waals surface area contributed by atoms with E-state index in [1.807, 2.05) is 12.1 Å². The number of benzene rings is 1. The van der Waals surface area contributed by atoms with Gasteiger partial charge < -0.3 is 15.0 Å². The number of nitrogens with zero attached hydrogens (tertiary/aromatic N) is 1. The third-order valence-corrected chi connectivity index (χ3v) is 3.51. The molecule has 0 aliphatic carbocycles. The first-order valence-corrected chi connectivity index (χ1v) is 7.25. The molecule has 0 saturated carbocycles. The van der Waals surface area contributed by atoms with Crippen molar-refractivity contribution in [3.05, 3.63) is 35.6 Å². The monoisotopic (exact) mass is 282 g/mol. The van der Waals surface area contributed by atoms with E-state index in [0.29, 0.717) is 5.92 Å². The zero-order valence-electron chi connectivity index (χ0n) is 13.0. The maximum atomic E-state index is 14.0. The minimum Gasteiger partial charge on any atom is -0.383 e. The van der Waals surface area contributed by atoms with Gasteiger partial charge >= 0.3 is 0 Å². The van der Waals surface area contributed by atoms with E-state index in [9.17, 15) is 4.39 Å². The Morgan fingerprint density at radius 1 is 1.35 bits per heavy atom. The minimum atomic E-state index is -0.134. The summed E-state index contributed by atoms with van der Waals surface area (Å²) in [6.45, 7) is 7.53. The first-order chi connectivity index (χ1) is 9.60. The summed E-state index contributed by atoms with van der Waals surface area (Å²) >= 11 is 0. The number of rotatable bonds is 9. The van der Waals surface area contributed by atoms with Crippen molar-refractivity contribution >= 4 is 0 Å². The molecule has 0 amide bonds. The van der Waals surface area contributed by atoms with Crippen LogP contribution in [0.15, 0.2) is 24.3 Å². The fourth-order valence-corrected chi connectivity index (χ4v) is 2.50. The van der Waals surface area contributed by atoms with E-state index >= 15 is 0 Å². The van der Waals surface area contributed by atoms with E-state index < -0.39 is 0 Å². The average Bonchev–Trinajstić information content (AvgIpc) is 2.43. The first kappa shape index (κ1) is 17.1. The highest BCUT2D eigenvalue weighted by atomic mass is 19.1. The molecule has 4 heteroatoms. The molecule has 0 aliphatic heterocycles. The molecule has 0 aliphatic rings. The highest BCUT2D eigenvalue weighted by molar-refractivity contribution is 5.22. The highest BCUT2D eigenvalue weighted by Gasteiger charge is 2.22. The van der Waals surface area contributed by atoms with Crippen LogP contribution in [0.5, 0.6) is 0 Å². The van der Waals surface area contributed by atoms with Gasteiger partial charge in [0, 0.05) is 31.8 Å². The molecule has 0 fully saturated rings. The summed E-state index contributed by atoms with van der Waals surface area (Å²) in [5.74, 6) is 0.179. The topological polar surface area (TPSA) is 24.5 Å². The van der Waals surface area contributed by atoms with Crippen LogP contribution in [0.3, 0.4) is 0 Å². The average molecular weight is 282 g/mol. The van der Waals surface area contributed by atoms with Gasteiger partial charge in [-0.25, -0.2) is 4.39 Å². The third kappa shape index (κ3) is 5.19. The summed E-state index contributed by atoms with van der Waals surface area (Å²) in [4.78, 5) is 2.22. The lowest BCUT2D eigenvalue weighted by Crippen LogP contribution is -2.35. The Kier molecular flexibility index (Phi) is 7.73. The van der Waals surface area contributed by atoms with Gasteiger partial charge in [-0.3, -0.25) is 0 Å². The van der Waals surface area contributed by atoms with E-state index in [-0.39, 0.29) is 11.9 Å². The van der Waals surface area contributed by atoms with Gasteiger partial charge in [0.2, 0.25) is 0 Å². The van der Waals surface area contributed by atoms with E-state index in [0.717, 1.165) is 31.8 Å². The molecule has 1 aromatic carbocycles. The number of methoxy groups -OCH3 is 1. The van der Waals surface area contributed by atoms with Crippen molar-refractivity contribution in [3.63, 3.8) is 0 Å². The molecule has 0 heterocycles. The number of halogens is 1. The third-order valence-electron chi connectivity index (χ3n) is 3.51. The normalized spacial score (nSPS) is 14.5. The van der Waals surface area contributed by atoms with Gasteiger partial charge in [0.15, 0.2) is 0 Å². The summed E-state index contributed by atoms with van der Waals surface area (Å²) in [6.07, 6.45) is 0. The zero-order valence-corrected chi connectivity index (χ0v) is 13.0. The van der Waals surface area contributed by atoms with Crippen molar-refractivity contribution in [1.82, 2.24) is 10.2 Å². The van der Waals surface area contributed by atoms with E-state index in [1.54, 1.807) is 13.2 Å². The van der Waals surface area contributed by atoms with Crippen LogP contribution in [-0.2, 0) is 4.74 Å². The fourth-order valence-electron chi connectivity index (χ4n) is 2.50. The van der Waals surface area contributed by atoms with E-state index in [2.05, 4.69) is 31.1 Å². The minimum absolute atomic E-state index is 0.0335. The van der Waals surface area contributed by atoms with E-state index in [4.69, 9.17) is 4.74 Å². The summed E-state index contributed by atoms with van der Waals surface area (Å²) < 4.78 is 19.1. The Bertz CT molecular complexity index is 386. The predicted octanol–water partition coefficient (Wildman–Crippen LogP) is 2.69. The number of nitrogens with one attached hydrogen (secondary N) is 1. The molecule has 1 N–H and O–H groups in total. The second kappa shape index (κ2) is 9.06. The Balaban J connectivity index is 2.72. The van der Waals surface area contributed by atoms with Crippen LogP contribution < -0.4 is 5.32 Å². The van der Waals surface area contributed by atoms with Crippen molar-refractivity contribution in [2.75, 3.05) is 40.4 Å². The fraction of sp³-hybridized carbons (Fsp3) is 0.625. The molecule has 0 spiro atoms. The molecule has 1 aromatic rings. The molecule has 1 rings (SSSR count). The molecule has 0 saturated heterocycles. The summed E-state index contributed by atoms with van der Waals surface area (Å²) in [5, 5.41) is 3.40. The van der Waals surface area contributed by atoms with Gasteiger partial charge in [-0.2, -0.15) is 0 Å². The first-order valence-electron chi connectivity index (χ1n) is 7.25. The second-order valence-electron chi connectivity index (χ2n) is 5.29. The quantitative estimate of drug-likeness (QED) is 0.753. The van der Waals surface area contributed by atoms with Crippen molar-refractivity contribution < 1.29 is 9.13 Å². The molecule has 114 valence electrons. The Labute approximate surface area is 122 Å². The maximum Gasteiger partial charge on any atom is 0.127 e. The van der Waals surface area contributed by atoms with Crippen LogP contribution >= 0.6 is 0 Å². The molecule has 20 heavy (non-hydrogen) atoms. The molecular formula is C16H27FN2O. The van der Waals surface area contributed by atoms with Crippen LogP contribution in [0.4, 0.5) is 4.39 Å². The standard InChI is InChI=1S/C16H27FN2O/c1-5-18-16(14-8-6-7-9-15(14)17)13(2)12-19(3)10-11-20-4/h6-9,13,16,18H,5,10-12H2,1-4H3. The van der Waals surface area contributed by atoms with Gasteiger partial charge in [0.1, 0.15) is 5.82 Å². The summed E-state index contributed by atoms with van der Waals surface area (Å²) in [5.41, 5.74) is 0.752. The summed E-state index contributed by atoms with van der Waals surface area (Å²) in [6, 6.07) is 7.06. The van der Waals surface area contributed by atoms with Crippen LogP contribution in [0.25, 0.3) is 0 Å². The SMILES string of the molecule is CCNC(c1ccccc1F)C(C)CN(C)CCOC. The number of hydrogen-bond donors (Lipinski definition) is 1. The van der Waals surface area contributed by atoms with Crippen LogP contribution in [0.1, 0.15) is 25.5 Å². The molecular weight excluding hydrogens is 255 g/mol. The highest BCUT2D eigenvalue weighted by Crippen LogP contribution is 2.24. The van der Waals surface area contributed by atoms with Crippen LogP contribution in [-0.4, -0.2) is 45.3 Å². The Morgan fingerprint density at radius 3 is 2.65 bits per heavy atom. The molecule has 3 nitrogen and oxygen atoms in total. The molecule has 2 unspecified atom stereocenters. The van der Waals surface area contributed by atoms with Crippen LogP contribution in [0, 0.1) is 11.7 Å². The molecule has 0 radical (unpaired) electrons. The molecule has 0 aromatic heterocycles. The lowest BCUT2D eigenvalue weighted by molar-refractivity contribution is 0.148. The largest absolute Gasteiger partial charge is 0.383 e. The zero-order chi connectivity index (χ0) is 15.0. The van der Waals surface area contributed by atoms with Crippen molar-refractivity contribution in [2.24, 2.45) is 5.92 Å². The predicted molar refractivity (Wildman–Crippen MR) is 81.4 cm³/mol. The summed E-state index contributed by atoms with van der Waals surface area (Å²) in [7, 11) is 3.78. The van der Waals surface area contributed by atoms with Gasteiger partial charge in [0.05, 0.1) is 6.61 Å². The Morgan fingerprint density at radius 2 is 2.05 bits per heavy atom. The lowest BCUT2D eigenvalue weighted by Gasteiger charge is -2.29. The maximum absolute atomic E-state index is 14.0. The smallest absolute Gasteiger partial charge is 0.127 e. The van der Waals surface area contributed by atoms with Gasteiger partial charge in [-0.05, 0) is 25.6 Å². The van der Waals surface area contributed by atoms with Gasteiger partial charge in [-0.1, -0.05) is 32.0 Å². The number of likely N-dealkylation sites (N-methyl/N-ethyl adjacent to an activating group) is 1. The number of hydrogen-bond acceptors (Lipinski definition) is 3. The van der Waals surface area contributed by atoms with Crippen molar-refractivity contribution in [2.45, 2.75) is 19.9 Å². The lowest BCUT2D eigenvalue weighted by atomic mass is 9.93. The van der Waals surface area contributed by atoms with Crippen molar-refractivity contribution in [1.29, 1.82) is 0 Å². The van der Waals surface area contributed by atoms with E-state index in [1.165, 1.54) is 6.07 Å². The van der Waals surface area contributed by atoms with Gasteiger partial charge in [0.25, 0.3) is 0 Å². The molecule has 0 bridgehead atoms. The second-order valence-corrected chi connectivity index (χ2v) is 5.29. The van der Waals surface area contributed by atoms with Crippen LogP contribution in [0.2, 0.25) is 0 Å². The molecule has 2 atom stereocenters. The van der Waals surface area contributed by atoms with Crippen molar-refractivity contribution in [3.8, 4) is 0 Å². The number of ether oxygens (including phenoxy) is 1. The Hall–Kier alpha value is -0.970.